The predicted molar refractivity (Wildman–Crippen MR) is 131 cm³/mol. The van der Waals surface area contributed by atoms with Gasteiger partial charge in [-0.05, 0) is 90.9 Å². The van der Waals surface area contributed by atoms with Crippen molar-refractivity contribution in [2.75, 3.05) is 0 Å². The van der Waals surface area contributed by atoms with E-state index in [1.54, 1.807) is 4.57 Å². The van der Waals surface area contributed by atoms with Crippen molar-refractivity contribution in [2.24, 2.45) is 0 Å². The van der Waals surface area contributed by atoms with Gasteiger partial charge in [0.1, 0.15) is 5.69 Å². The molecule has 0 aliphatic carbocycles. The zero-order valence-electron chi connectivity index (χ0n) is 17.3. The van der Waals surface area contributed by atoms with E-state index in [2.05, 4.69) is 42.5 Å². The molecular weight excluding hydrogens is 499 g/mol. The fourth-order valence-corrected chi connectivity index (χ4v) is 4.38. The van der Waals surface area contributed by atoms with Crippen LogP contribution < -0.4 is 0 Å². The van der Waals surface area contributed by atoms with Crippen molar-refractivity contribution in [3.63, 3.8) is 0 Å². The van der Waals surface area contributed by atoms with Crippen molar-refractivity contribution in [3.05, 3.63) is 86.6 Å². The molecule has 5 aromatic rings. The van der Waals surface area contributed by atoms with Crippen molar-refractivity contribution < 1.29 is 4.79 Å². The first kappa shape index (κ1) is 19.8. The maximum absolute atomic E-state index is 13.7. The van der Waals surface area contributed by atoms with Crippen molar-refractivity contribution in [1.82, 2.24) is 19.5 Å². The summed E-state index contributed by atoms with van der Waals surface area (Å²) in [6.45, 7) is 6.04. The van der Waals surface area contributed by atoms with Gasteiger partial charge in [0, 0.05) is 3.57 Å². The number of para-hydroxylation sites is 2. The Labute approximate surface area is 193 Å². The van der Waals surface area contributed by atoms with Gasteiger partial charge >= 0.3 is 0 Å². The van der Waals surface area contributed by atoms with Crippen LogP contribution in [0.15, 0.2) is 60.7 Å². The van der Waals surface area contributed by atoms with E-state index >= 15 is 0 Å². The number of nitrogens with zero attached hydrogens (tertiary/aromatic N) is 4. The smallest absolute Gasteiger partial charge is 0.265 e. The number of carbonyl (C=O) groups is 1. The highest BCUT2D eigenvalue weighted by Crippen LogP contribution is 2.29. The average molecular weight is 518 g/mol. The lowest BCUT2D eigenvalue weighted by Gasteiger charge is -2.12. The number of aromatic nitrogens is 4. The van der Waals surface area contributed by atoms with E-state index in [1.807, 2.05) is 61.5 Å². The molecule has 0 N–H and O–H groups in total. The number of carbonyl (C=O) groups excluding carboxylic acids is 1. The minimum Gasteiger partial charge on any atom is -0.268 e. The van der Waals surface area contributed by atoms with Crippen LogP contribution in [0.3, 0.4) is 0 Å². The van der Waals surface area contributed by atoms with Crippen LogP contribution in [0.2, 0.25) is 0 Å². The summed E-state index contributed by atoms with van der Waals surface area (Å²) in [5, 5.41) is 0. The summed E-state index contributed by atoms with van der Waals surface area (Å²) in [7, 11) is 0. The zero-order valence-corrected chi connectivity index (χ0v) is 19.5. The molecule has 0 saturated heterocycles. The Morgan fingerprint density at radius 1 is 0.806 bits per heavy atom. The average Bonchev–Trinajstić information content (AvgIpc) is 3.14. The molecule has 0 unspecified atom stereocenters. The maximum Gasteiger partial charge on any atom is 0.265 e. The fraction of sp³-hybridized carbons (Fsp3) is 0.120. The third-order valence-corrected chi connectivity index (χ3v) is 6.47. The van der Waals surface area contributed by atoms with Crippen molar-refractivity contribution in [1.29, 1.82) is 0 Å². The number of rotatable bonds is 2. The van der Waals surface area contributed by atoms with E-state index in [9.17, 15) is 4.79 Å². The quantitative estimate of drug-likeness (QED) is 0.275. The monoisotopic (exact) mass is 518 g/mol. The van der Waals surface area contributed by atoms with Gasteiger partial charge in [-0.3, -0.25) is 9.36 Å². The minimum atomic E-state index is -0.130. The lowest BCUT2D eigenvalue weighted by molar-refractivity contribution is 0.0965. The van der Waals surface area contributed by atoms with Crippen LogP contribution in [0.1, 0.15) is 27.2 Å². The second kappa shape index (κ2) is 7.53. The normalized spacial score (nSPS) is 11.4. The van der Waals surface area contributed by atoms with Gasteiger partial charge in [0.25, 0.3) is 5.91 Å². The third-order valence-electron chi connectivity index (χ3n) is 5.53. The molecule has 0 atom stereocenters. The molecule has 0 aliphatic rings. The first-order valence-corrected chi connectivity index (χ1v) is 11.0. The van der Waals surface area contributed by atoms with Gasteiger partial charge in [-0.2, -0.15) is 0 Å². The van der Waals surface area contributed by atoms with E-state index in [-0.39, 0.29) is 5.91 Å². The van der Waals surface area contributed by atoms with Gasteiger partial charge in [0.15, 0.2) is 5.82 Å². The molecule has 0 fully saturated rings. The van der Waals surface area contributed by atoms with E-state index in [0.717, 1.165) is 36.9 Å². The minimum absolute atomic E-state index is 0.130. The largest absolute Gasteiger partial charge is 0.268 e. The molecule has 0 radical (unpaired) electrons. The molecule has 5 rings (SSSR count). The molecule has 0 amide bonds. The van der Waals surface area contributed by atoms with Gasteiger partial charge in [-0.1, -0.05) is 24.3 Å². The van der Waals surface area contributed by atoms with Crippen LogP contribution in [0.5, 0.6) is 0 Å². The highest BCUT2D eigenvalue weighted by molar-refractivity contribution is 14.1. The Kier molecular flexibility index (Phi) is 4.81. The molecule has 2 aromatic heterocycles. The Hall–Kier alpha value is -3.13. The second-order valence-corrected chi connectivity index (χ2v) is 8.79. The van der Waals surface area contributed by atoms with Crippen LogP contribution >= 0.6 is 22.6 Å². The summed E-state index contributed by atoms with van der Waals surface area (Å²) >= 11 is 2.19. The SMILES string of the molecule is Cc1cc2nc(C)c(-c3nc4ccccc4n3C(=O)c3ccccc3I)nc2cc1C. The van der Waals surface area contributed by atoms with Crippen molar-refractivity contribution in [3.8, 4) is 11.5 Å². The van der Waals surface area contributed by atoms with Gasteiger partial charge < -0.3 is 0 Å². The van der Waals surface area contributed by atoms with Crippen LogP contribution in [0.25, 0.3) is 33.6 Å². The molecule has 2 heterocycles. The van der Waals surface area contributed by atoms with Gasteiger partial charge in [0.05, 0.1) is 33.3 Å². The fourth-order valence-electron chi connectivity index (χ4n) is 3.76. The summed E-state index contributed by atoms with van der Waals surface area (Å²) in [6.07, 6.45) is 0. The Morgan fingerprint density at radius 3 is 2.19 bits per heavy atom. The summed E-state index contributed by atoms with van der Waals surface area (Å²) in [4.78, 5) is 28.2. The van der Waals surface area contributed by atoms with Crippen molar-refractivity contribution >= 4 is 50.6 Å². The van der Waals surface area contributed by atoms with E-state index in [4.69, 9.17) is 15.0 Å². The van der Waals surface area contributed by atoms with E-state index < -0.39 is 0 Å². The molecule has 6 heteroatoms. The third kappa shape index (κ3) is 3.31. The van der Waals surface area contributed by atoms with Crippen LogP contribution in [0, 0.1) is 24.3 Å². The van der Waals surface area contributed by atoms with E-state index in [1.165, 1.54) is 5.56 Å². The van der Waals surface area contributed by atoms with Crippen LogP contribution in [-0.4, -0.2) is 25.4 Å². The van der Waals surface area contributed by atoms with Gasteiger partial charge in [-0.15, -0.1) is 0 Å². The molecule has 0 saturated carbocycles. The molecule has 0 bridgehead atoms. The number of halogens is 1. The molecule has 3 aromatic carbocycles. The predicted octanol–water partition coefficient (Wildman–Crippen LogP) is 5.86. The lowest BCUT2D eigenvalue weighted by Crippen LogP contribution is -2.15. The second-order valence-electron chi connectivity index (χ2n) is 7.63. The van der Waals surface area contributed by atoms with Crippen molar-refractivity contribution in [2.45, 2.75) is 20.8 Å². The number of aryl methyl sites for hydroxylation is 3. The molecule has 5 nitrogen and oxygen atoms in total. The number of hydrogen-bond acceptors (Lipinski definition) is 4. The summed E-state index contributed by atoms with van der Waals surface area (Å²) in [6, 6.07) is 19.3. The number of fused-ring (bicyclic) bond motifs is 2. The Morgan fingerprint density at radius 2 is 1.45 bits per heavy atom. The Balaban J connectivity index is 1.81. The van der Waals surface area contributed by atoms with Gasteiger partial charge in [0.2, 0.25) is 0 Å². The summed E-state index contributed by atoms with van der Waals surface area (Å²) < 4.78 is 2.55. The molecule has 0 aliphatic heterocycles. The topological polar surface area (TPSA) is 60.7 Å². The van der Waals surface area contributed by atoms with Crippen LogP contribution in [0.4, 0.5) is 0 Å². The molecule has 152 valence electrons. The first-order valence-electron chi connectivity index (χ1n) is 9.96. The maximum atomic E-state index is 13.7. The first-order chi connectivity index (χ1) is 14.9. The molecule has 31 heavy (non-hydrogen) atoms. The molecule has 0 spiro atoms. The molecular formula is C25H19IN4O. The number of benzene rings is 3. The highest BCUT2D eigenvalue weighted by Gasteiger charge is 2.23. The van der Waals surface area contributed by atoms with Crippen LogP contribution in [-0.2, 0) is 0 Å². The lowest BCUT2D eigenvalue weighted by atomic mass is 10.1. The Bertz CT molecular complexity index is 1500. The highest BCUT2D eigenvalue weighted by atomic mass is 127. The number of imidazole rings is 1. The standard InChI is InChI=1S/C25H19IN4O/c1-14-12-20-21(13-15(14)2)28-23(16(3)27-20)24-29-19-10-6-7-11-22(19)30(24)25(31)17-8-4-5-9-18(17)26/h4-13H,1-3H3. The van der Waals surface area contributed by atoms with Gasteiger partial charge in [-0.25, -0.2) is 15.0 Å². The zero-order chi connectivity index (χ0) is 21.7. The summed E-state index contributed by atoms with van der Waals surface area (Å²) in [5.74, 6) is 0.381. The number of hydrogen-bond donors (Lipinski definition) is 0. The van der Waals surface area contributed by atoms with E-state index in [0.29, 0.717) is 17.1 Å². The summed E-state index contributed by atoms with van der Waals surface area (Å²) in [5.41, 5.74) is 7.45.